The van der Waals surface area contributed by atoms with Crippen LogP contribution in [-0.2, 0) is 13.6 Å². The zero-order valence-electron chi connectivity index (χ0n) is 18.5. The molecule has 0 aliphatic carbocycles. The van der Waals surface area contributed by atoms with Crippen molar-refractivity contribution in [2.24, 2.45) is 7.05 Å². The molecule has 2 aromatic carbocycles. The SMILES string of the molecule is COc1ccc2cc(OC/C=C/C[n+]3ccc(/C=C/c4cc[n+](C)cc4)cc3)ccc2c1. The molecule has 0 saturated heterocycles. The molecule has 0 spiro atoms. The molecule has 0 aliphatic rings. The average molecular weight is 425 g/mol. The Morgan fingerprint density at radius 3 is 1.97 bits per heavy atom. The first-order valence-electron chi connectivity index (χ1n) is 10.7. The van der Waals surface area contributed by atoms with Gasteiger partial charge in [0.1, 0.15) is 25.2 Å². The molecule has 0 aliphatic heterocycles. The molecule has 4 heteroatoms. The lowest BCUT2D eigenvalue weighted by Crippen LogP contribution is -2.31. The average Bonchev–Trinajstić information content (AvgIpc) is 2.84. The quantitative estimate of drug-likeness (QED) is 0.301. The second-order valence-electron chi connectivity index (χ2n) is 7.62. The Bertz CT molecular complexity index is 1230. The largest absolute Gasteiger partial charge is 0.497 e. The summed E-state index contributed by atoms with van der Waals surface area (Å²) in [6.45, 7) is 1.35. The Kier molecular flexibility index (Phi) is 6.93. The van der Waals surface area contributed by atoms with E-state index in [0.29, 0.717) is 6.61 Å². The minimum Gasteiger partial charge on any atom is -0.497 e. The number of pyridine rings is 2. The van der Waals surface area contributed by atoms with E-state index in [1.165, 1.54) is 11.1 Å². The predicted octanol–water partition coefficient (Wildman–Crippen LogP) is 4.77. The monoisotopic (exact) mass is 424 g/mol. The van der Waals surface area contributed by atoms with E-state index in [-0.39, 0.29) is 0 Å². The molecule has 160 valence electrons. The van der Waals surface area contributed by atoms with E-state index in [1.54, 1.807) is 7.11 Å². The number of allylic oxidation sites excluding steroid dienone is 1. The van der Waals surface area contributed by atoms with Crippen LogP contribution in [0.1, 0.15) is 11.1 Å². The molecule has 0 bridgehead atoms. The third kappa shape index (κ3) is 5.82. The summed E-state index contributed by atoms with van der Waals surface area (Å²) in [5, 5.41) is 2.28. The fourth-order valence-electron chi connectivity index (χ4n) is 3.35. The number of hydrogen-bond acceptors (Lipinski definition) is 2. The number of nitrogens with zero attached hydrogens (tertiary/aromatic N) is 2. The van der Waals surface area contributed by atoms with Gasteiger partial charge in [-0.2, -0.15) is 0 Å². The van der Waals surface area contributed by atoms with Gasteiger partial charge in [-0.05, 0) is 58.3 Å². The van der Waals surface area contributed by atoms with E-state index >= 15 is 0 Å². The Balaban J connectivity index is 1.26. The first kappa shape index (κ1) is 21.3. The molecule has 4 nitrogen and oxygen atoms in total. The Labute approximate surface area is 189 Å². The first-order valence-corrected chi connectivity index (χ1v) is 10.7. The molecule has 4 aromatic rings. The van der Waals surface area contributed by atoms with Gasteiger partial charge in [0.15, 0.2) is 31.3 Å². The topological polar surface area (TPSA) is 26.2 Å². The van der Waals surface area contributed by atoms with Crippen LogP contribution in [0, 0.1) is 0 Å². The van der Waals surface area contributed by atoms with Crippen LogP contribution in [0.2, 0.25) is 0 Å². The minimum absolute atomic E-state index is 0.540. The second-order valence-corrected chi connectivity index (χ2v) is 7.62. The summed E-state index contributed by atoms with van der Waals surface area (Å²) < 4.78 is 15.3. The van der Waals surface area contributed by atoms with Crippen LogP contribution >= 0.6 is 0 Å². The second kappa shape index (κ2) is 10.4. The molecule has 0 radical (unpaired) electrons. The summed E-state index contributed by atoms with van der Waals surface area (Å²) in [7, 11) is 3.70. The number of benzene rings is 2. The van der Waals surface area contributed by atoms with Crippen molar-refractivity contribution in [1.29, 1.82) is 0 Å². The van der Waals surface area contributed by atoms with Crippen LogP contribution in [0.3, 0.4) is 0 Å². The molecule has 4 rings (SSSR count). The van der Waals surface area contributed by atoms with Crippen molar-refractivity contribution in [3.63, 3.8) is 0 Å². The third-order valence-electron chi connectivity index (χ3n) is 5.24. The number of methoxy groups -OCH3 is 1. The molecule has 0 amide bonds. The van der Waals surface area contributed by atoms with Gasteiger partial charge in [-0.3, -0.25) is 0 Å². The highest BCUT2D eigenvalue weighted by Crippen LogP contribution is 2.24. The van der Waals surface area contributed by atoms with Gasteiger partial charge < -0.3 is 9.47 Å². The van der Waals surface area contributed by atoms with Gasteiger partial charge in [-0.25, -0.2) is 9.13 Å². The maximum atomic E-state index is 5.87. The van der Waals surface area contributed by atoms with Gasteiger partial charge >= 0.3 is 0 Å². The first-order chi connectivity index (χ1) is 15.7. The van der Waals surface area contributed by atoms with Crippen molar-refractivity contribution in [3.05, 3.63) is 109 Å². The fourth-order valence-corrected chi connectivity index (χ4v) is 3.35. The Morgan fingerprint density at radius 2 is 1.31 bits per heavy atom. The number of ether oxygens (including phenoxy) is 2. The smallest absolute Gasteiger partial charge is 0.169 e. The van der Waals surface area contributed by atoms with E-state index in [9.17, 15) is 0 Å². The summed E-state index contributed by atoms with van der Waals surface area (Å²) in [4.78, 5) is 0. The third-order valence-corrected chi connectivity index (χ3v) is 5.24. The van der Waals surface area contributed by atoms with Crippen LogP contribution in [0.25, 0.3) is 22.9 Å². The molecular weight excluding hydrogens is 396 g/mol. The highest BCUT2D eigenvalue weighted by atomic mass is 16.5. The van der Waals surface area contributed by atoms with Crippen molar-refractivity contribution in [1.82, 2.24) is 0 Å². The molecule has 0 N–H and O–H groups in total. The van der Waals surface area contributed by atoms with Crippen LogP contribution in [0.4, 0.5) is 0 Å². The Hall–Kier alpha value is -3.92. The van der Waals surface area contributed by atoms with Crippen molar-refractivity contribution in [3.8, 4) is 11.5 Å². The van der Waals surface area contributed by atoms with Crippen LogP contribution < -0.4 is 18.6 Å². The molecule has 2 aromatic heterocycles. The van der Waals surface area contributed by atoms with Crippen molar-refractivity contribution < 1.29 is 18.6 Å². The summed E-state index contributed by atoms with van der Waals surface area (Å²) in [6, 6.07) is 20.6. The summed E-state index contributed by atoms with van der Waals surface area (Å²) >= 11 is 0. The van der Waals surface area contributed by atoms with E-state index in [4.69, 9.17) is 9.47 Å². The maximum Gasteiger partial charge on any atom is 0.169 e. The fraction of sp³-hybridized carbons (Fsp3) is 0.143. The lowest BCUT2D eigenvalue weighted by molar-refractivity contribution is -0.687. The lowest BCUT2D eigenvalue weighted by atomic mass is 10.1. The molecule has 0 fully saturated rings. The molecule has 0 saturated carbocycles. The van der Waals surface area contributed by atoms with Crippen molar-refractivity contribution in [2.45, 2.75) is 6.54 Å². The number of aryl methyl sites for hydroxylation is 1. The molecule has 0 unspecified atom stereocenters. The van der Waals surface area contributed by atoms with Gasteiger partial charge in [0.2, 0.25) is 0 Å². The van der Waals surface area contributed by atoms with Gasteiger partial charge in [-0.15, -0.1) is 0 Å². The summed E-state index contributed by atoms with van der Waals surface area (Å²) in [5.41, 5.74) is 2.37. The van der Waals surface area contributed by atoms with E-state index in [1.807, 2.05) is 48.3 Å². The van der Waals surface area contributed by atoms with Crippen LogP contribution in [0.15, 0.2) is 97.6 Å². The number of rotatable bonds is 8. The van der Waals surface area contributed by atoms with Crippen molar-refractivity contribution in [2.75, 3.05) is 13.7 Å². The highest BCUT2D eigenvalue weighted by molar-refractivity contribution is 5.85. The molecule has 32 heavy (non-hydrogen) atoms. The maximum absolute atomic E-state index is 5.87. The minimum atomic E-state index is 0.540. The normalized spacial score (nSPS) is 11.4. The van der Waals surface area contributed by atoms with Gasteiger partial charge in [0.05, 0.1) is 7.11 Å². The molecule has 2 heterocycles. The van der Waals surface area contributed by atoms with Crippen LogP contribution in [-0.4, -0.2) is 13.7 Å². The number of aromatic nitrogens is 2. The van der Waals surface area contributed by atoms with Gasteiger partial charge in [-0.1, -0.05) is 24.3 Å². The van der Waals surface area contributed by atoms with Gasteiger partial charge in [0, 0.05) is 24.3 Å². The number of fused-ring (bicyclic) bond motifs is 1. The Morgan fingerprint density at radius 1 is 0.719 bits per heavy atom. The standard InChI is InChI=1S/C28H28N2O2/c1-29-16-11-23(12-17-29)5-6-24-13-18-30(19-14-24)15-3-4-20-32-28-10-8-25-21-27(31-2)9-7-26(25)22-28/h3-14,16-19,21-22H,15,20H2,1-2H3/q+2/b4-3+,6-5+. The molecular formula is C28H28N2O2+2. The zero-order chi connectivity index (χ0) is 22.2. The van der Waals surface area contributed by atoms with Crippen molar-refractivity contribution >= 4 is 22.9 Å². The van der Waals surface area contributed by atoms with Crippen LogP contribution in [0.5, 0.6) is 11.5 Å². The van der Waals surface area contributed by atoms with E-state index < -0.39 is 0 Å². The van der Waals surface area contributed by atoms with E-state index in [2.05, 4.69) is 77.7 Å². The lowest BCUT2D eigenvalue weighted by Gasteiger charge is -2.06. The van der Waals surface area contributed by atoms with Gasteiger partial charge in [0.25, 0.3) is 0 Å². The summed E-state index contributed by atoms with van der Waals surface area (Å²) in [6.07, 6.45) is 16.7. The summed E-state index contributed by atoms with van der Waals surface area (Å²) in [5.74, 6) is 1.73. The highest BCUT2D eigenvalue weighted by Gasteiger charge is 2.00. The number of hydrogen-bond donors (Lipinski definition) is 0. The van der Waals surface area contributed by atoms with E-state index in [0.717, 1.165) is 28.8 Å². The molecule has 0 atom stereocenters. The zero-order valence-corrected chi connectivity index (χ0v) is 18.5. The predicted molar refractivity (Wildman–Crippen MR) is 128 cm³/mol.